The minimum Gasteiger partial charge on any atom is -0.465 e. The molecule has 26 heavy (non-hydrogen) atoms. The van der Waals surface area contributed by atoms with Crippen LogP contribution in [-0.4, -0.2) is 43.8 Å². The number of carboxylic acid groups (broad SMARTS) is 1. The lowest BCUT2D eigenvalue weighted by molar-refractivity contribution is 0.132. The number of hydrogen-bond acceptors (Lipinski definition) is 4. The Balaban J connectivity index is 1.44. The molecule has 1 aromatic carbocycles. The number of aromatic nitrogens is 3. The number of nitrogens with one attached hydrogen (secondary N) is 1. The number of halogens is 1. The van der Waals surface area contributed by atoms with Gasteiger partial charge >= 0.3 is 6.09 Å². The van der Waals surface area contributed by atoms with Crippen molar-refractivity contribution in [3.05, 3.63) is 52.8 Å². The summed E-state index contributed by atoms with van der Waals surface area (Å²) in [5.74, 6) is 0.931. The second-order valence-electron chi connectivity index (χ2n) is 6.37. The number of piperidine rings is 1. The highest BCUT2D eigenvalue weighted by molar-refractivity contribution is 9.10. The molecule has 7 nitrogen and oxygen atoms in total. The normalized spacial score (nSPS) is 15.3. The van der Waals surface area contributed by atoms with E-state index >= 15 is 0 Å². The first-order valence-corrected chi connectivity index (χ1v) is 9.24. The maximum absolute atomic E-state index is 11.0. The van der Waals surface area contributed by atoms with Gasteiger partial charge in [0.1, 0.15) is 4.60 Å². The van der Waals surface area contributed by atoms with Crippen molar-refractivity contribution in [1.29, 1.82) is 0 Å². The van der Waals surface area contributed by atoms with Gasteiger partial charge in [0.25, 0.3) is 0 Å². The fourth-order valence-electron chi connectivity index (χ4n) is 3.30. The lowest BCUT2D eigenvalue weighted by atomic mass is 9.89. The number of anilines is 2. The zero-order valence-corrected chi connectivity index (χ0v) is 15.6. The van der Waals surface area contributed by atoms with E-state index in [9.17, 15) is 4.79 Å². The number of carbonyl (C=O) groups is 1. The molecular formula is C18H18BrN5O2. The molecule has 3 aromatic rings. The van der Waals surface area contributed by atoms with Crippen molar-refractivity contribution in [2.24, 2.45) is 0 Å². The summed E-state index contributed by atoms with van der Waals surface area (Å²) in [6, 6.07) is 12.1. The van der Waals surface area contributed by atoms with E-state index in [1.54, 1.807) is 10.7 Å². The zero-order valence-electron chi connectivity index (χ0n) is 14.0. The van der Waals surface area contributed by atoms with Crippen molar-refractivity contribution in [3.63, 3.8) is 0 Å². The third-order valence-electron chi connectivity index (χ3n) is 4.76. The summed E-state index contributed by atoms with van der Waals surface area (Å²) >= 11 is 3.46. The standard InChI is InChI=1S/C18H18BrN5O2/c19-16-6-5-15-11-20-17(22-24(15)16)21-14-3-1-12(2-4-14)13-7-9-23(10-8-13)18(25)26/h1-6,11,13H,7-10H2,(H,21,22)(H,25,26). The summed E-state index contributed by atoms with van der Waals surface area (Å²) in [7, 11) is 0. The van der Waals surface area contributed by atoms with E-state index in [1.165, 1.54) is 10.5 Å². The van der Waals surface area contributed by atoms with Gasteiger partial charge in [-0.3, -0.25) is 0 Å². The predicted octanol–water partition coefficient (Wildman–Crippen LogP) is 4.09. The lowest BCUT2D eigenvalue weighted by Gasteiger charge is -2.30. The monoisotopic (exact) mass is 415 g/mol. The van der Waals surface area contributed by atoms with Crippen LogP contribution in [0.15, 0.2) is 47.2 Å². The maximum atomic E-state index is 11.0. The van der Waals surface area contributed by atoms with E-state index in [0.717, 1.165) is 28.6 Å². The summed E-state index contributed by atoms with van der Waals surface area (Å²) in [5.41, 5.74) is 3.08. The molecule has 134 valence electrons. The molecule has 0 saturated carbocycles. The van der Waals surface area contributed by atoms with Crippen molar-refractivity contribution in [3.8, 4) is 0 Å². The van der Waals surface area contributed by atoms with Crippen molar-refractivity contribution in [2.75, 3.05) is 18.4 Å². The van der Waals surface area contributed by atoms with E-state index in [0.29, 0.717) is 25.0 Å². The smallest absolute Gasteiger partial charge is 0.407 e. The molecular weight excluding hydrogens is 398 g/mol. The Bertz CT molecular complexity index is 932. The van der Waals surface area contributed by atoms with E-state index in [1.807, 2.05) is 24.3 Å². The second kappa shape index (κ2) is 6.95. The predicted molar refractivity (Wildman–Crippen MR) is 102 cm³/mol. The molecule has 0 aliphatic carbocycles. The highest BCUT2D eigenvalue weighted by Gasteiger charge is 2.23. The molecule has 2 aromatic heterocycles. The number of nitrogens with zero attached hydrogens (tertiary/aromatic N) is 4. The van der Waals surface area contributed by atoms with Gasteiger partial charge in [-0.25, -0.2) is 14.3 Å². The minimum atomic E-state index is -0.825. The number of hydrogen-bond donors (Lipinski definition) is 2. The number of rotatable bonds is 3. The van der Waals surface area contributed by atoms with E-state index in [-0.39, 0.29) is 0 Å². The van der Waals surface area contributed by atoms with Crippen LogP contribution in [0, 0.1) is 0 Å². The molecule has 3 heterocycles. The molecule has 1 fully saturated rings. The number of amides is 1. The Hall–Kier alpha value is -2.61. The van der Waals surface area contributed by atoms with E-state index < -0.39 is 6.09 Å². The Morgan fingerprint density at radius 2 is 1.88 bits per heavy atom. The molecule has 0 unspecified atom stereocenters. The van der Waals surface area contributed by atoms with E-state index in [2.05, 4.69) is 43.5 Å². The quantitative estimate of drug-likeness (QED) is 0.672. The summed E-state index contributed by atoms with van der Waals surface area (Å²) in [6.07, 6.45) is 2.67. The molecule has 1 aliphatic rings. The van der Waals surface area contributed by atoms with Crippen LogP contribution in [0.3, 0.4) is 0 Å². The van der Waals surface area contributed by atoms with E-state index in [4.69, 9.17) is 5.11 Å². The van der Waals surface area contributed by atoms with Gasteiger partial charge in [0.15, 0.2) is 0 Å². The van der Waals surface area contributed by atoms with Gasteiger partial charge in [0, 0.05) is 18.8 Å². The Morgan fingerprint density at radius 3 is 2.58 bits per heavy atom. The Labute approximate surface area is 158 Å². The Morgan fingerprint density at radius 1 is 1.15 bits per heavy atom. The Kier molecular flexibility index (Phi) is 4.50. The first kappa shape index (κ1) is 16.8. The highest BCUT2D eigenvalue weighted by Crippen LogP contribution is 2.29. The molecule has 0 atom stereocenters. The molecule has 2 N–H and O–H groups in total. The summed E-state index contributed by atoms with van der Waals surface area (Å²) in [5, 5.41) is 16.7. The summed E-state index contributed by atoms with van der Waals surface area (Å²) in [4.78, 5) is 16.8. The molecule has 8 heteroatoms. The third kappa shape index (κ3) is 3.37. The minimum absolute atomic E-state index is 0.406. The molecule has 0 radical (unpaired) electrons. The van der Waals surface area contributed by atoms with Gasteiger partial charge in [-0.1, -0.05) is 12.1 Å². The molecule has 1 aliphatic heterocycles. The summed E-state index contributed by atoms with van der Waals surface area (Å²) < 4.78 is 2.65. The fourth-order valence-corrected chi connectivity index (χ4v) is 3.72. The van der Waals surface area contributed by atoms with Gasteiger partial charge in [-0.05, 0) is 64.5 Å². The summed E-state index contributed by atoms with van der Waals surface area (Å²) in [6.45, 7) is 1.19. The highest BCUT2D eigenvalue weighted by atomic mass is 79.9. The van der Waals surface area contributed by atoms with Crippen molar-refractivity contribution in [2.45, 2.75) is 18.8 Å². The van der Waals surface area contributed by atoms with Crippen LogP contribution in [0.25, 0.3) is 5.52 Å². The van der Waals surface area contributed by atoms with Gasteiger partial charge in [-0.15, -0.1) is 5.10 Å². The molecule has 0 spiro atoms. The van der Waals surface area contributed by atoms with Crippen LogP contribution in [-0.2, 0) is 0 Å². The van der Waals surface area contributed by atoms with Crippen LogP contribution in [0.2, 0.25) is 0 Å². The number of benzene rings is 1. The molecule has 1 amide bonds. The SMILES string of the molecule is O=C(O)N1CCC(c2ccc(Nc3ncc4ccc(Br)n4n3)cc2)CC1. The van der Waals surface area contributed by atoms with Crippen molar-refractivity contribution in [1.82, 2.24) is 19.5 Å². The number of likely N-dealkylation sites (tertiary alicyclic amines) is 1. The first-order chi connectivity index (χ1) is 12.6. The van der Waals surface area contributed by atoms with Gasteiger partial charge in [0.2, 0.25) is 5.95 Å². The van der Waals surface area contributed by atoms with Crippen molar-refractivity contribution >= 4 is 39.2 Å². The van der Waals surface area contributed by atoms with Crippen LogP contribution in [0.5, 0.6) is 0 Å². The lowest BCUT2D eigenvalue weighted by Crippen LogP contribution is -2.36. The van der Waals surface area contributed by atoms with Gasteiger partial charge in [0.05, 0.1) is 11.7 Å². The third-order valence-corrected chi connectivity index (χ3v) is 5.36. The first-order valence-electron chi connectivity index (χ1n) is 8.45. The van der Waals surface area contributed by atoms with Crippen LogP contribution in [0.4, 0.5) is 16.4 Å². The van der Waals surface area contributed by atoms with Crippen LogP contribution >= 0.6 is 15.9 Å². The van der Waals surface area contributed by atoms with Crippen molar-refractivity contribution < 1.29 is 9.90 Å². The number of fused-ring (bicyclic) bond motifs is 1. The van der Waals surface area contributed by atoms with Crippen LogP contribution < -0.4 is 5.32 Å². The average molecular weight is 416 g/mol. The molecule has 4 rings (SSSR count). The topological polar surface area (TPSA) is 82.8 Å². The fraction of sp³-hybridized carbons (Fsp3) is 0.278. The van der Waals surface area contributed by atoms with Crippen LogP contribution in [0.1, 0.15) is 24.3 Å². The largest absolute Gasteiger partial charge is 0.465 e. The zero-order chi connectivity index (χ0) is 18.1. The molecule has 1 saturated heterocycles. The van der Waals surface area contributed by atoms with Gasteiger partial charge < -0.3 is 15.3 Å². The average Bonchev–Trinajstić information content (AvgIpc) is 3.03. The molecule has 0 bridgehead atoms. The second-order valence-corrected chi connectivity index (χ2v) is 7.18. The maximum Gasteiger partial charge on any atom is 0.407 e. The van der Waals surface area contributed by atoms with Gasteiger partial charge in [-0.2, -0.15) is 0 Å².